The number of aryl methyl sites for hydroxylation is 1. The number of halogens is 1. The normalized spacial score (nSPS) is 18.1. The van der Waals surface area contributed by atoms with Crippen molar-refractivity contribution in [1.29, 1.82) is 0 Å². The Hall–Kier alpha value is -2.45. The van der Waals surface area contributed by atoms with Crippen molar-refractivity contribution in [3.8, 4) is 0 Å². The van der Waals surface area contributed by atoms with Gasteiger partial charge in [-0.1, -0.05) is 6.07 Å². The highest BCUT2D eigenvalue weighted by Gasteiger charge is 2.27. The number of likely N-dealkylation sites (tertiary alicyclic amines) is 1. The number of rotatable bonds is 5. The van der Waals surface area contributed by atoms with E-state index in [4.69, 9.17) is 4.42 Å². The summed E-state index contributed by atoms with van der Waals surface area (Å²) in [6.45, 7) is 2.63. The van der Waals surface area contributed by atoms with Gasteiger partial charge in [0.1, 0.15) is 17.3 Å². The number of carbonyl (C=O) groups excluding carboxylic acids is 1. The molecule has 1 fully saturated rings. The molecule has 2 aromatic rings. The fourth-order valence-corrected chi connectivity index (χ4v) is 4.29. The first-order chi connectivity index (χ1) is 12.8. The molecule has 144 valence electrons. The molecule has 0 saturated carbocycles. The van der Waals surface area contributed by atoms with Crippen LogP contribution in [0.5, 0.6) is 0 Å². The molecule has 1 N–H and O–H groups in total. The SMILES string of the molecule is Cc1ccc(C=CC(=O)N2CCCC(NS(=O)(=O)c3cccc(F)c3)C2)o1. The van der Waals surface area contributed by atoms with E-state index in [1.165, 1.54) is 24.3 Å². The minimum atomic E-state index is -3.85. The number of hydrogen-bond donors (Lipinski definition) is 1. The fraction of sp³-hybridized carbons (Fsp3) is 0.316. The van der Waals surface area contributed by atoms with Crippen molar-refractivity contribution in [3.63, 3.8) is 0 Å². The third-order valence-electron chi connectivity index (χ3n) is 4.31. The van der Waals surface area contributed by atoms with E-state index < -0.39 is 21.9 Å². The van der Waals surface area contributed by atoms with Crippen molar-refractivity contribution in [3.05, 3.63) is 59.8 Å². The van der Waals surface area contributed by atoms with E-state index in [0.29, 0.717) is 25.1 Å². The highest BCUT2D eigenvalue weighted by Crippen LogP contribution is 2.16. The summed E-state index contributed by atoms with van der Waals surface area (Å²) in [5.41, 5.74) is 0. The number of nitrogens with zero attached hydrogens (tertiary/aromatic N) is 1. The molecule has 1 atom stereocenters. The van der Waals surface area contributed by atoms with Crippen molar-refractivity contribution in [2.45, 2.75) is 30.7 Å². The molecule has 0 bridgehead atoms. The molecule has 1 amide bonds. The third kappa shape index (κ3) is 5.05. The average Bonchev–Trinajstić information content (AvgIpc) is 3.05. The van der Waals surface area contributed by atoms with Crippen LogP contribution < -0.4 is 4.72 Å². The smallest absolute Gasteiger partial charge is 0.246 e. The van der Waals surface area contributed by atoms with E-state index >= 15 is 0 Å². The van der Waals surface area contributed by atoms with Gasteiger partial charge in [-0.2, -0.15) is 0 Å². The molecule has 1 saturated heterocycles. The standard InChI is InChI=1S/C19H21FN2O4S/c1-14-7-8-17(26-14)9-10-19(23)22-11-3-5-16(13-22)21-27(24,25)18-6-2-4-15(20)12-18/h2,4,6-10,12,16,21H,3,5,11,13H2,1H3. The average molecular weight is 392 g/mol. The van der Waals surface area contributed by atoms with Crippen LogP contribution in [0.2, 0.25) is 0 Å². The number of piperidine rings is 1. The van der Waals surface area contributed by atoms with Gasteiger partial charge < -0.3 is 9.32 Å². The van der Waals surface area contributed by atoms with Crippen molar-refractivity contribution < 1.29 is 22.0 Å². The van der Waals surface area contributed by atoms with E-state index in [1.54, 1.807) is 17.0 Å². The zero-order valence-corrected chi connectivity index (χ0v) is 15.7. The number of sulfonamides is 1. The van der Waals surface area contributed by atoms with E-state index in [2.05, 4.69) is 4.72 Å². The summed E-state index contributed by atoms with van der Waals surface area (Å²) in [6.07, 6.45) is 4.30. The van der Waals surface area contributed by atoms with Gasteiger partial charge in [-0.3, -0.25) is 4.79 Å². The molecule has 3 rings (SSSR count). The van der Waals surface area contributed by atoms with Crippen LogP contribution in [0.4, 0.5) is 4.39 Å². The molecule has 6 nitrogen and oxygen atoms in total. The van der Waals surface area contributed by atoms with E-state index in [9.17, 15) is 17.6 Å². The molecule has 1 unspecified atom stereocenters. The molecular weight excluding hydrogens is 371 g/mol. The minimum Gasteiger partial charge on any atom is -0.462 e. The minimum absolute atomic E-state index is 0.126. The number of furan rings is 1. The van der Waals surface area contributed by atoms with Crippen LogP contribution in [0.3, 0.4) is 0 Å². The van der Waals surface area contributed by atoms with Crippen molar-refractivity contribution in [2.24, 2.45) is 0 Å². The summed E-state index contributed by atoms with van der Waals surface area (Å²) in [4.78, 5) is 13.8. The largest absolute Gasteiger partial charge is 0.462 e. The van der Waals surface area contributed by atoms with Crippen LogP contribution in [0.25, 0.3) is 6.08 Å². The first kappa shape index (κ1) is 19.3. The molecule has 0 radical (unpaired) electrons. The molecule has 2 heterocycles. The Bertz CT molecular complexity index is 952. The zero-order valence-electron chi connectivity index (χ0n) is 14.9. The number of carbonyl (C=O) groups is 1. The quantitative estimate of drug-likeness (QED) is 0.794. The molecule has 27 heavy (non-hydrogen) atoms. The van der Waals surface area contributed by atoms with Crippen LogP contribution in [0.15, 0.2) is 51.8 Å². The highest BCUT2D eigenvalue weighted by molar-refractivity contribution is 7.89. The maximum absolute atomic E-state index is 13.3. The van der Waals surface area contributed by atoms with Crippen LogP contribution in [0, 0.1) is 12.7 Å². The fourth-order valence-electron chi connectivity index (χ4n) is 3.00. The van der Waals surface area contributed by atoms with Gasteiger partial charge in [0.2, 0.25) is 15.9 Å². The highest BCUT2D eigenvalue weighted by atomic mass is 32.2. The Morgan fingerprint density at radius 3 is 2.85 bits per heavy atom. The van der Waals surface area contributed by atoms with Gasteiger partial charge in [-0.05, 0) is 56.2 Å². The van der Waals surface area contributed by atoms with Gasteiger partial charge in [-0.25, -0.2) is 17.5 Å². The van der Waals surface area contributed by atoms with E-state index in [-0.39, 0.29) is 17.3 Å². The van der Waals surface area contributed by atoms with Crippen molar-refractivity contribution in [1.82, 2.24) is 9.62 Å². The summed E-state index contributed by atoms with van der Waals surface area (Å²) in [7, 11) is -3.85. The lowest BCUT2D eigenvalue weighted by atomic mass is 10.1. The molecule has 8 heteroatoms. The third-order valence-corrected chi connectivity index (χ3v) is 5.83. The second-order valence-electron chi connectivity index (χ2n) is 6.48. The van der Waals surface area contributed by atoms with Gasteiger partial charge in [-0.15, -0.1) is 0 Å². The monoisotopic (exact) mass is 392 g/mol. The maximum Gasteiger partial charge on any atom is 0.246 e. The summed E-state index contributed by atoms with van der Waals surface area (Å²) >= 11 is 0. The summed E-state index contributed by atoms with van der Waals surface area (Å²) in [5.74, 6) is 0.517. The van der Waals surface area contributed by atoms with Crippen LogP contribution >= 0.6 is 0 Å². The first-order valence-corrected chi connectivity index (χ1v) is 10.1. The molecule has 0 spiro atoms. The molecule has 1 aliphatic heterocycles. The number of hydrogen-bond acceptors (Lipinski definition) is 4. The summed E-state index contributed by atoms with van der Waals surface area (Å²) in [5, 5.41) is 0. The maximum atomic E-state index is 13.3. The van der Waals surface area contributed by atoms with Crippen LogP contribution in [0.1, 0.15) is 24.4 Å². The topological polar surface area (TPSA) is 79.6 Å². The van der Waals surface area contributed by atoms with Gasteiger partial charge in [0, 0.05) is 25.2 Å². The van der Waals surface area contributed by atoms with Gasteiger partial charge in [0.25, 0.3) is 0 Å². The number of amides is 1. The summed E-state index contributed by atoms with van der Waals surface area (Å²) < 4.78 is 46.1. The van der Waals surface area contributed by atoms with Crippen LogP contribution in [-0.4, -0.2) is 38.4 Å². The van der Waals surface area contributed by atoms with E-state index in [0.717, 1.165) is 11.8 Å². The second-order valence-corrected chi connectivity index (χ2v) is 8.20. The zero-order chi connectivity index (χ0) is 19.4. The van der Waals surface area contributed by atoms with Crippen LogP contribution in [-0.2, 0) is 14.8 Å². The number of benzene rings is 1. The van der Waals surface area contributed by atoms with Gasteiger partial charge in [0.05, 0.1) is 4.90 Å². The first-order valence-electron chi connectivity index (χ1n) is 8.65. The van der Waals surface area contributed by atoms with Gasteiger partial charge >= 0.3 is 0 Å². The van der Waals surface area contributed by atoms with E-state index in [1.807, 2.05) is 13.0 Å². The molecule has 1 aromatic carbocycles. The Labute approximate surface area is 157 Å². The molecule has 1 aliphatic rings. The lowest BCUT2D eigenvalue weighted by molar-refractivity contribution is -0.127. The number of nitrogens with one attached hydrogen (secondary N) is 1. The second kappa shape index (κ2) is 8.06. The Morgan fingerprint density at radius 1 is 1.33 bits per heavy atom. The molecular formula is C19H21FN2O4S. The molecule has 1 aromatic heterocycles. The Kier molecular flexibility index (Phi) is 5.76. The summed E-state index contributed by atoms with van der Waals surface area (Å²) in [6, 6.07) is 8.01. The Balaban J connectivity index is 1.63. The lowest BCUT2D eigenvalue weighted by Crippen LogP contribution is -2.49. The predicted octanol–water partition coefficient (Wildman–Crippen LogP) is 2.71. The lowest BCUT2D eigenvalue weighted by Gasteiger charge is -2.32. The van der Waals surface area contributed by atoms with Crippen molar-refractivity contribution >= 4 is 22.0 Å². The Morgan fingerprint density at radius 2 is 2.15 bits per heavy atom. The predicted molar refractivity (Wildman–Crippen MR) is 98.8 cm³/mol. The van der Waals surface area contributed by atoms with Crippen molar-refractivity contribution in [2.75, 3.05) is 13.1 Å². The molecule has 0 aliphatic carbocycles. The van der Waals surface area contributed by atoms with Gasteiger partial charge in [0.15, 0.2) is 0 Å².